The first-order valence-electron chi connectivity index (χ1n) is 8.97. The second-order valence-corrected chi connectivity index (χ2v) is 7.24. The number of ether oxygens (including phenoxy) is 1. The van der Waals surface area contributed by atoms with Crippen LogP contribution < -0.4 is 9.64 Å². The summed E-state index contributed by atoms with van der Waals surface area (Å²) in [7, 11) is 0. The number of amides is 1. The molecule has 3 rings (SSSR count). The number of halogens is 1. The van der Waals surface area contributed by atoms with Gasteiger partial charge < -0.3 is 9.64 Å². The Balaban J connectivity index is 1.69. The van der Waals surface area contributed by atoms with E-state index in [-0.39, 0.29) is 24.6 Å². The van der Waals surface area contributed by atoms with Crippen molar-refractivity contribution >= 4 is 23.2 Å². The molecule has 0 unspecified atom stereocenters. The van der Waals surface area contributed by atoms with E-state index in [0.717, 1.165) is 16.8 Å². The highest BCUT2D eigenvalue weighted by atomic mass is 35.5. The van der Waals surface area contributed by atoms with Crippen molar-refractivity contribution in [3.63, 3.8) is 0 Å². The third kappa shape index (κ3) is 4.51. The van der Waals surface area contributed by atoms with Gasteiger partial charge in [-0.2, -0.15) is 4.98 Å². The first kappa shape index (κ1) is 19.9. The quantitative estimate of drug-likeness (QED) is 0.594. The highest BCUT2D eigenvalue weighted by Gasteiger charge is 2.21. The van der Waals surface area contributed by atoms with E-state index in [1.807, 2.05) is 64.1 Å². The van der Waals surface area contributed by atoms with Crippen LogP contribution >= 0.6 is 11.6 Å². The van der Waals surface area contributed by atoms with Crippen LogP contribution in [0.4, 0.5) is 5.69 Å². The predicted molar refractivity (Wildman–Crippen MR) is 109 cm³/mol. The van der Waals surface area contributed by atoms with Crippen molar-refractivity contribution < 1.29 is 14.1 Å². The summed E-state index contributed by atoms with van der Waals surface area (Å²) in [5.74, 6) is 0.153. The lowest BCUT2D eigenvalue weighted by Crippen LogP contribution is -2.40. The zero-order valence-electron chi connectivity index (χ0n) is 16.3. The Morgan fingerprint density at radius 1 is 1.18 bits per heavy atom. The summed E-state index contributed by atoms with van der Waals surface area (Å²) in [5, 5.41) is 4.50. The van der Waals surface area contributed by atoms with Crippen LogP contribution in [0.2, 0.25) is 5.02 Å². The first-order chi connectivity index (χ1) is 13.3. The highest BCUT2D eigenvalue weighted by Crippen LogP contribution is 2.25. The standard InChI is InChI=1S/C21H22ClN3O3/c1-13(2)25(17-9-5-14(3)6-10-17)19(26)12-27-21-23-20(24-28-21)16-8-7-15(4)18(22)11-16/h5-11,13H,12H2,1-4H3. The molecule has 0 fully saturated rings. The molecule has 1 amide bonds. The van der Waals surface area contributed by atoms with Gasteiger partial charge in [0, 0.05) is 22.3 Å². The minimum Gasteiger partial charge on any atom is -0.439 e. The van der Waals surface area contributed by atoms with Crippen LogP contribution in [0.3, 0.4) is 0 Å². The summed E-state index contributed by atoms with van der Waals surface area (Å²) in [6, 6.07) is 13.2. The number of carbonyl (C=O) groups is 1. The molecular weight excluding hydrogens is 378 g/mol. The Kier molecular flexibility index (Phi) is 5.99. The van der Waals surface area contributed by atoms with Gasteiger partial charge in [0.1, 0.15) is 0 Å². The van der Waals surface area contributed by atoms with E-state index in [4.69, 9.17) is 20.9 Å². The number of hydrogen-bond acceptors (Lipinski definition) is 5. The fourth-order valence-corrected chi connectivity index (χ4v) is 2.93. The third-order valence-corrected chi connectivity index (χ3v) is 4.66. The molecule has 0 saturated heterocycles. The van der Waals surface area contributed by atoms with Gasteiger partial charge in [-0.25, -0.2) is 0 Å². The monoisotopic (exact) mass is 399 g/mol. The molecule has 0 aliphatic heterocycles. The molecule has 0 saturated carbocycles. The van der Waals surface area contributed by atoms with Crippen LogP contribution in [0.5, 0.6) is 6.08 Å². The van der Waals surface area contributed by atoms with E-state index < -0.39 is 0 Å². The second-order valence-electron chi connectivity index (χ2n) is 6.83. The molecule has 0 aliphatic carbocycles. The Labute approximate surface area is 169 Å². The number of aromatic nitrogens is 2. The Hall–Kier alpha value is -2.86. The normalized spacial score (nSPS) is 10.9. The van der Waals surface area contributed by atoms with Gasteiger partial charge in [0.2, 0.25) is 5.82 Å². The Morgan fingerprint density at radius 3 is 2.54 bits per heavy atom. The molecule has 0 aliphatic rings. The molecule has 1 aromatic heterocycles. The fraction of sp³-hybridized carbons (Fsp3) is 0.286. The lowest BCUT2D eigenvalue weighted by molar-refractivity contribution is -0.121. The summed E-state index contributed by atoms with van der Waals surface area (Å²) in [6.45, 7) is 7.61. The lowest BCUT2D eigenvalue weighted by Gasteiger charge is -2.26. The van der Waals surface area contributed by atoms with Gasteiger partial charge in [-0.15, -0.1) is 0 Å². The SMILES string of the molecule is Cc1ccc(N(C(=O)COc2nc(-c3ccc(C)c(Cl)c3)no2)C(C)C)cc1. The van der Waals surface area contributed by atoms with Crippen LogP contribution in [0.15, 0.2) is 47.0 Å². The average molecular weight is 400 g/mol. The maximum atomic E-state index is 12.7. The number of nitrogens with zero attached hydrogens (tertiary/aromatic N) is 3. The predicted octanol–water partition coefficient (Wildman–Crippen LogP) is 4.83. The minimum absolute atomic E-state index is 0.0215. The zero-order chi connectivity index (χ0) is 20.3. The van der Waals surface area contributed by atoms with Gasteiger partial charge in [0.05, 0.1) is 0 Å². The number of rotatable bonds is 6. The second kappa shape index (κ2) is 8.44. The van der Waals surface area contributed by atoms with Crippen molar-refractivity contribution in [3.05, 3.63) is 58.6 Å². The van der Waals surface area contributed by atoms with Gasteiger partial charge in [0.25, 0.3) is 5.91 Å². The fourth-order valence-electron chi connectivity index (χ4n) is 2.75. The molecule has 0 N–H and O–H groups in total. The van der Waals surface area contributed by atoms with Gasteiger partial charge in [-0.3, -0.25) is 9.32 Å². The maximum absolute atomic E-state index is 12.7. The van der Waals surface area contributed by atoms with Crippen LogP contribution in [-0.2, 0) is 4.79 Å². The third-order valence-electron chi connectivity index (χ3n) is 4.25. The summed E-state index contributed by atoms with van der Waals surface area (Å²) >= 11 is 6.14. The van der Waals surface area contributed by atoms with E-state index >= 15 is 0 Å². The molecular formula is C21H22ClN3O3. The molecule has 2 aromatic carbocycles. The van der Waals surface area contributed by atoms with E-state index in [2.05, 4.69) is 10.1 Å². The highest BCUT2D eigenvalue weighted by molar-refractivity contribution is 6.31. The number of carbonyl (C=O) groups excluding carboxylic acids is 1. The van der Waals surface area contributed by atoms with Crippen molar-refractivity contribution in [2.45, 2.75) is 33.7 Å². The maximum Gasteiger partial charge on any atom is 0.418 e. The van der Waals surface area contributed by atoms with Crippen molar-refractivity contribution in [2.75, 3.05) is 11.5 Å². The summed E-state index contributed by atoms with van der Waals surface area (Å²) in [4.78, 5) is 18.6. The molecule has 146 valence electrons. The molecule has 1 heterocycles. The molecule has 0 spiro atoms. The number of hydrogen-bond donors (Lipinski definition) is 0. The summed E-state index contributed by atoms with van der Waals surface area (Å²) < 4.78 is 10.5. The zero-order valence-corrected chi connectivity index (χ0v) is 17.0. The van der Waals surface area contributed by atoms with Gasteiger partial charge in [-0.1, -0.05) is 46.6 Å². The summed E-state index contributed by atoms with van der Waals surface area (Å²) in [5.41, 5.74) is 3.62. The van der Waals surface area contributed by atoms with Crippen LogP contribution in [-0.4, -0.2) is 28.7 Å². The molecule has 0 atom stereocenters. The topological polar surface area (TPSA) is 68.5 Å². The van der Waals surface area contributed by atoms with Gasteiger partial charge >= 0.3 is 6.08 Å². The van der Waals surface area contributed by atoms with E-state index in [1.165, 1.54) is 0 Å². The molecule has 3 aromatic rings. The van der Waals surface area contributed by atoms with Gasteiger partial charge in [0.15, 0.2) is 6.61 Å². The van der Waals surface area contributed by atoms with E-state index in [1.54, 1.807) is 11.0 Å². The van der Waals surface area contributed by atoms with Crippen LogP contribution in [0, 0.1) is 13.8 Å². The van der Waals surface area contributed by atoms with Crippen LogP contribution in [0.25, 0.3) is 11.4 Å². The van der Waals surface area contributed by atoms with Crippen molar-refractivity contribution in [3.8, 4) is 17.5 Å². The van der Waals surface area contributed by atoms with Crippen LogP contribution in [0.1, 0.15) is 25.0 Å². The smallest absolute Gasteiger partial charge is 0.418 e. The molecule has 0 radical (unpaired) electrons. The van der Waals surface area contributed by atoms with E-state index in [9.17, 15) is 4.79 Å². The van der Waals surface area contributed by atoms with Crippen molar-refractivity contribution in [2.24, 2.45) is 0 Å². The molecule has 7 heteroatoms. The largest absolute Gasteiger partial charge is 0.439 e. The molecule has 6 nitrogen and oxygen atoms in total. The summed E-state index contributed by atoms with van der Waals surface area (Å²) in [6.07, 6.45) is -0.0624. The Morgan fingerprint density at radius 2 is 1.89 bits per heavy atom. The first-order valence-corrected chi connectivity index (χ1v) is 9.34. The van der Waals surface area contributed by atoms with Crippen molar-refractivity contribution in [1.82, 2.24) is 10.1 Å². The number of benzene rings is 2. The van der Waals surface area contributed by atoms with Gasteiger partial charge in [-0.05, 0) is 51.5 Å². The molecule has 28 heavy (non-hydrogen) atoms. The molecule has 0 bridgehead atoms. The minimum atomic E-state index is -0.206. The lowest BCUT2D eigenvalue weighted by atomic mass is 10.1. The average Bonchev–Trinajstić information content (AvgIpc) is 3.13. The van der Waals surface area contributed by atoms with E-state index in [0.29, 0.717) is 16.4 Å². The number of anilines is 1. The number of aryl methyl sites for hydroxylation is 2. The van der Waals surface area contributed by atoms with Crippen molar-refractivity contribution in [1.29, 1.82) is 0 Å². The Bertz CT molecular complexity index is 967.